The predicted molar refractivity (Wildman–Crippen MR) is 86.6 cm³/mol. The Labute approximate surface area is 132 Å². The van der Waals surface area contributed by atoms with Crippen molar-refractivity contribution in [3.63, 3.8) is 0 Å². The smallest absolute Gasteiger partial charge is 0.341 e. The third kappa shape index (κ3) is 2.86. The molecule has 23 heavy (non-hydrogen) atoms. The molecule has 0 bridgehead atoms. The van der Waals surface area contributed by atoms with Gasteiger partial charge in [-0.2, -0.15) is 0 Å². The fourth-order valence-electron chi connectivity index (χ4n) is 2.57. The molecule has 116 valence electrons. The van der Waals surface area contributed by atoms with Crippen molar-refractivity contribution in [2.75, 3.05) is 0 Å². The van der Waals surface area contributed by atoms with Crippen LogP contribution in [0.4, 0.5) is 0 Å². The van der Waals surface area contributed by atoms with E-state index in [2.05, 4.69) is 0 Å². The van der Waals surface area contributed by atoms with Gasteiger partial charge in [0.15, 0.2) is 0 Å². The third-order valence-electron chi connectivity index (χ3n) is 3.78. The summed E-state index contributed by atoms with van der Waals surface area (Å²) in [5, 5.41) is 19.0. The Bertz CT molecular complexity index is 926. The molecule has 2 N–H and O–H groups in total. The maximum Gasteiger partial charge on any atom is 0.341 e. The van der Waals surface area contributed by atoms with E-state index < -0.39 is 11.5 Å². The quantitative estimate of drug-likeness (QED) is 0.774. The first-order valence-electron chi connectivity index (χ1n) is 7.14. The van der Waals surface area contributed by atoms with Gasteiger partial charge in [0.2, 0.25) is 0 Å². The molecule has 5 nitrogen and oxygen atoms in total. The van der Waals surface area contributed by atoms with Gasteiger partial charge >= 0.3 is 5.97 Å². The standard InChI is InChI=1S/C18H15NO4/c20-11-13-7-5-12(6-8-13)10-19-16-4-2-1-3-14(16)9-15(17(19)21)18(22)23/h1-9,20H,10-11H2,(H,22,23). The fraction of sp³-hybridized carbons (Fsp3) is 0.111. The maximum atomic E-state index is 12.5. The highest BCUT2D eigenvalue weighted by Crippen LogP contribution is 2.15. The van der Waals surface area contributed by atoms with Crippen LogP contribution in [0.1, 0.15) is 21.5 Å². The second-order valence-corrected chi connectivity index (χ2v) is 5.29. The molecule has 0 spiro atoms. The number of carbonyl (C=O) groups is 1. The van der Waals surface area contributed by atoms with Gasteiger partial charge in [-0.1, -0.05) is 42.5 Å². The van der Waals surface area contributed by atoms with Crippen LogP contribution in [-0.2, 0) is 13.2 Å². The lowest BCUT2D eigenvalue weighted by Gasteiger charge is -2.12. The zero-order valence-electron chi connectivity index (χ0n) is 12.3. The average molecular weight is 309 g/mol. The van der Waals surface area contributed by atoms with Gasteiger partial charge in [0.25, 0.3) is 5.56 Å². The van der Waals surface area contributed by atoms with Gasteiger partial charge in [-0.05, 0) is 28.6 Å². The first-order chi connectivity index (χ1) is 11.1. The van der Waals surface area contributed by atoms with Crippen LogP contribution in [0.3, 0.4) is 0 Å². The first kappa shape index (κ1) is 15.0. The molecule has 0 saturated carbocycles. The Balaban J connectivity index is 2.16. The van der Waals surface area contributed by atoms with Gasteiger partial charge in [-0.3, -0.25) is 4.79 Å². The molecule has 0 radical (unpaired) electrons. The van der Waals surface area contributed by atoms with Crippen LogP contribution in [0.25, 0.3) is 10.9 Å². The number of para-hydroxylation sites is 1. The molecular formula is C18H15NO4. The number of aromatic nitrogens is 1. The number of fused-ring (bicyclic) bond motifs is 1. The van der Waals surface area contributed by atoms with E-state index in [0.717, 1.165) is 11.1 Å². The number of benzene rings is 2. The number of hydrogen-bond donors (Lipinski definition) is 2. The van der Waals surface area contributed by atoms with Crippen molar-refractivity contribution >= 4 is 16.9 Å². The molecule has 1 heterocycles. The summed E-state index contributed by atoms with van der Waals surface area (Å²) in [5.74, 6) is -1.23. The minimum atomic E-state index is -1.23. The number of hydrogen-bond acceptors (Lipinski definition) is 3. The molecular weight excluding hydrogens is 294 g/mol. The molecule has 0 fully saturated rings. The number of carboxylic acids is 1. The van der Waals surface area contributed by atoms with Gasteiger partial charge in [0, 0.05) is 0 Å². The van der Waals surface area contributed by atoms with Crippen molar-refractivity contribution in [3.8, 4) is 0 Å². The van der Waals surface area contributed by atoms with Crippen molar-refractivity contribution < 1.29 is 15.0 Å². The maximum absolute atomic E-state index is 12.5. The van der Waals surface area contributed by atoms with E-state index in [4.69, 9.17) is 5.11 Å². The average Bonchev–Trinajstić information content (AvgIpc) is 2.57. The Hall–Kier alpha value is -2.92. The van der Waals surface area contributed by atoms with E-state index in [9.17, 15) is 14.7 Å². The number of aliphatic hydroxyl groups excluding tert-OH is 1. The van der Waals surface area contributed by atoms with Gasteiger partial charge in [0.1, 0.15) is 5.56 Å². The van der Waals surface area contributed by atoms with E-state index in [1.165, 1.54) is 10.6 Å². The van der Waals surface area contributed by atoms with Gasteiger partial charge in [-0.15, -0.1) is 0 Å². The van der Waals surface area contributed by atoms with Crippen molar-refractivity contribution in [1.29, 1.82) is 0 Å². The molecule has 1 aromatic heterocycles. The van der Waals surface area contributed by atoms with E-state index in [-0.39, 0.29) is 18.7 Å². The zero-order valence-corrected chi connectivity index (χ0v) is 12.3. The monoisotopic (exact) mass is 309 g/mol. The molecule has 0 unspecified atom stereocenters. The summed E-state index contributed by atoms with van der Waals surface area (Å²) < 4.78 is 1.47. The van der Waals surface area contributed by atoms with Crippen molar-refractivity contribution in [2.24, 2.45) is 0 Å². The van der Waals surface area contributed by atoms with Gasteiger partial charge in [-0.25, -0.2) is 4.79 Å². The number of aliphatic hydroxyl groups is 1. The summed E-state index contributed by atoms with van der Waals surface area (Å²) >= 11 is 0. The number of carboxylic acid groups (broad SMARTS) is 1. The van der Waals surface area contributed by atoms with E-state index in [1.807, 2.05) is 18.2 Å². The Morgan fingerprint density at radius 1 is 1.00 bits per heavy atom. The van der Waals surface area contributed by atoms with E-state index in [1.54, 1.807) is 30.3 Å². The predicted octanol–water partition coefficient (Wildman–Crippen LogP) is 2.24. The second-order valence-electron chi connectivity index (χ2n) is 5.29. The second kappa shape index (κ2) is 6.06. The summed E-state index contributed by atoms with van der Waals surface area (Å²) in [6.45, 7) is 0.226. The first-order valence-corrected chi connectivity index (χ1v) is 7.14. The summed E-state index contributed by atoms with van der Waals surface area (Å²) in [5.41, 5.74) is 1.56. The molecule has 0 amide bonds. The minimum absolute atomic E-state index is 0.0440. The highest BCUT2D eigenvalue weighted by molar-refractivity contribution is 5.92. The lowest BCUT2D eigenvalue weighted by atomic mass is 10.1. The van der Waals surface area contributed by atoms with Crippen LogP contribution in [-0.4, -0.2) is 20.7 Å². The molecule has 0 aliphatic rings. The Kier molecular flexibility index (Phi) is 3.95. The van der Waals surface area contributed by atoms with Crippen molar-refractivity contribution in [3.05, 3.63) is 81.6 Å². The number of aromatic carboxylic acids is 1. The minimum Gasteiger partial charge on any atom is -0.477 e. The Morgan fingerprint density at radius 2 is 1.65 bits per heavy atom. The normalized spacial score (nSPS) is 10.8. The Morgan fingerprint density at radius 3 is 2.30 bits per heavy atom. The summed E-state index contributed by atoms with van der Waals surface area (Å²) in [7, 11) is 0. The zero-order chi connectivity index (χ0) is 16.4. The van der Waals surface area contributed by atoms with E-state index in [0.29, 0.717) is 10.9 Å². The lowest BCUT2D eigenvalue weighted by Crippen LogP contribution is -2.27. The van der Waals surface area contributed by atoms with Crippen LogP contribution in [0, 0.1) is 0 Å². The SMILES string of the molecule is O=C(O)c1cc2ccccc2n(Cc2ccc(CO)cc2)c1=O. The van der Waals surface area contributed by atoms with Crippen LogP contribution in [0.15, 0.2) is 59.4 Å². The molecule has 5 heteroatoms. The number of rotatable bonds is 4. The molecule has 3 rings (SSSR count). The molecule has 3 aromatic rings. The van der Waals surface area contributed by atoms with Crippen LogP contribution in [0.5, 0.6) is 0 Å². The summed E-state index contributed by atoms with van der Waals surface area (Å²) in [6, 6.07) is 15.8. The van der Waals surface area contributed by atoms with E-state index >= 15 is 0 Å². The van der Waals surface area contributed by atoms with Crippen LogP contribution < -0.4 is 5.56 Å². The molecule has 0 aliphatic heterocycles. The molecule has 2 aromatic carbocycles. The summed E-state index contributed by atoms with van der Waals surface area (Å²) in [4.78, 5) is 23.8. The number of pyridine rings is 1. The van der Waals surface area contributed by atoms with Gasteiger partial charge in [0.05, 0.1) is 18.7 Å². The topological polar surface area (TPSA) is 79.5 Å². The molecule has 0 aliphatic carbocycles. The fourth-order valence-corrected chi connectivity index (χ4v) is 2.57. The highest BCUT2D eigenvalue weighted by atomic mass is 16.4. The summed E-state index contributed by atoms with van der Waals surface area (Å²) in [6.07, 6.45) is 0. The highest BCUT2D eigenvalue weighted by Gasteiger charge is 2.14. The lowest BCUT2D eigenvalue weighted by molar-refractivity contribution is 0.0694. The third-order valence-corrected chi connectivity index (χ3v) is 3.78. The molecule has 0 atom stereocenters. The molecule has 0 saturated heterocycles. The van der Waals surface area contributed by atoms with Gasteiger partial charge < -0.3 is 14.8 Å². The van der Waals surface area contributed by atoms with Crippen molar-refractivity contribution in [2.45, 2.75) is 13.2 Å². The van der Waals surface area contributed by atoms with Crippen molar-refractivity contribution in [1.82, 2.24) is 4.57 Å². The largest absolute Gasteiger partial charge is 0.477 e. The number of nitrogens with zero attached hydrogens (tertiary/aromatic N) is 1. The van der Waals surface area contributed by atoms with Crippen LogP contribution >= 0.6 is 0 Å². The van der Waals surface area contributed by atoms with Crippen LogP contribution in [0.2, 0.25) is 0 Å².